The van der Waals surface area contributed by atoms with Gasteiger partial charge in [-0.1, -0.05) is 41.6 Å². The Morgan fingerprint density at radius 2 is 1.88 bits per heavy atom. The highest BCUT2D eigenvalue weighted by Crippen LogP contribution is 2.22. The van der Waals surface area contributed by atoms with E-state index in [0.717, 1.165) is 11.3 Å². The van der Waals surface area contributed by atoms with E-state index in [1.54, 1.807) is 35.2 Å². The number of carbonyl (C=O) groups excluding carboxylic acids is 2. The summed E-state index contributed by atoms with van der Waals surface area (Å²) >= 11 is 1.20. The Morgan fingerprint density at radius 1 is 1.15 bits per heavy atom. The van der Waals surface area contributed by atoms with E-state index in [9.17, 15) is 22.8 Å². The molecule has 3 rings (SSSR count). The predicted octanol–water partition coefficient (Wildman–Crippen LogP) is 4.22. The van der Waals surface area contributed by atoms with E-state index >= 15 is 0 Å². The quantitative estimate of drug-likeness (QED) is 0.492. The number of nitrogens with zero attached hydrogens (tertiary/aromatic N) is 4. The van der Waals surface area contributed by atoms with Crippen molar-refractivity contribution in [2.24, 2.45) is 0 Å². The van der Waals surface area contributed by atoms with Crippen LogP contribution in [0, 0.1) is 6.92 Å². The Balaban J connectivity index is 1.60. The molecule has 0 unspecified atom stereocenters. The van der Waals surface area contributed by atoms with Gasteiger partial charge in [0.25, 0.3) is 0 Å². The molecular weight excluding hydrogens is 455 g/mol. The third kappa shape index (κ3) is 6.58. The zero-order valence-electron chi connectivity index (χ0n) is 18.0. The van der Waals surface area contributed by atoms with Crippen LogP contribution in [0.25, 0.3) is 5.69 Å². The standard InChI is InChI=1S/C22H22F3N5O2S/c1-3-29(20(32)22(23,24)25)12-16-5-4-6-17(11-16)27-19(31)13-33-21-28-26-14-30(21)18-9-7-15(2)8-10-18/h4-11,14H,3,12-13H2,1-2H3,(H,27,31). The number of amides is 2. The number of nitrogens with one attached hydrogen (secondary N) is 1. The van der Waals surface area contributed by atoms with Crippen LogP contribution in [0.1, 0.15) is 18.1 Å². The van der Waals surface area contributed by atoms with Crippen molar-refractivity contribution < 1.29 is 22.8 Å². The van der Waals surface area contributed by atoms with E-state index in [4.69, 9.17) is 0 Å². The van der Waals surface area contributed by atoms with Gasteiger partial charge in [-0.25, -0.2) is 0 Å². The number of rotatable bonds is 8. The minimum absolute atomic E-state index is 0.0580. The van der Waals surface area contributed by atoms with Gasteiger partial charge >= 0.3 is 12.1 Å². The Morgan fingerprint density at radius 3 is 2.55 bits per heavy atom. The summed E-state index contributed by atoms with van der Waals surface area (Å²) in [6, 6.07) is 14.2. The Bertz CT molecular complexity index is 1120. The second-order valence-electron chi connectivity index (χ2n) is 7.17. The summed E-state index contributed by atoms with van der Waals surface area (Å²) in [7, 11) is 0. The second kappa shape index (κ2) is 10.5. The summed E-state index contributed by atoms with van der Waals surface area (Å²) < 4.78 is 40.0. The van der Waals surface area contributed by atoms with Crippen LogP contribution in [0.2, 0.25) is 0 Å². The first kappa shape index (κ1) is 24.3. The molecule has 1 aromatic heterocycles. The lowest BCUT2D eigenvalue weighted by molar-refractivity contribution is -0.185. The van der Waals surface area contributed by atoms with Crippen LogP contribution in [0.5, 0.6) is 0 Å². The number of aryl methyl sites for hydroxylation is 1. The lowest BCUT2D eigenvalue weighted by Gasteiger charge is -2.22. The summed E-state index contributed by atoms with van der Waals surface area (Å²) in [6.07, 6.45) is -3.37. The Hall–Kier alpha value is -3.34. The normalized spacial score (nSPS) is 11.3. The molecule has 0 saturated carbocycles. The third-order valence-electron chi connectivity index (χ3n) is 4.66. The van der Waals surface area contributed by atoms with Gasteiger partial charge in [-0.15, -0.1) is 10.2 Å². The topological polar surface area (TPSA) is 80.1 Å². The molecule has 1 heterocycles. The maximum atomic E-state index is 12.7. The summed E-state index contributed by atoms with van der Waals surface area (Å²) in [5, 5.41) is 11.2. The third-order valence-corrected chi connectivity index (χ3v) is 5.60. The van der Waals surface area contributed by atoms with E-state index < -0.39 is 12.1 Å². The molecule has 0 fully saturated rings. The number of anilines is 1. The minimum atomic E-state index is -4.93. The number of carbonyl (C=O) groups is 2. The van der Waals surface area contributed by atoms with Gasteiger partial charge in [0.2, 0.25) is 5.91 Å². The average molecular weight is 478 g/mol. The highest BCUT2D eigenvalue weighted by atomic mass is 32.2. The first-order valence-corrected chi connectivity index (χ1v) is 11.0. The van der Waals surface area contributed by atoms with E-state index in [-0.39, 0.29) is 24.7 Å². The van der Waals surface area contributed by atoms with Crippen LogP contribution in [-0.4, -0.2) is 50.0 Å². The number of hydrogen-bond acceptors (Lipinski definition) is 5. The van der Waals surface area contributed by atoms with Crippen LogP contribution >= 0.6 is 11.8 Å². The maximum absolute atomic E-state index is 12.7. The number of halogens is 3. The highest BCUT2D eigenvalue weighted by molar-refractivity contribution is 7.99. The molecule has 0 radical (unpaired) electrons. The SMILES string of the molecule is CCN(Cc1cccc(NC(=O)CSc2nncn2-c2ccc(C)cc2)c1)C(=O)C(F)(F)F. The van der Waals surface area contributed by atoms with Crippen molar-refractivity contribution in [2.75, 3.05) is 17.6 Å². The van der Waals surface area contributed by atoms with Gasteiger partial charge in [0, 0.05) is 24.5 Å². The summed E-state index contributed by atoms with van der Waals surface area (Å²) in [6.45, 7) is 3.15. The van der Waals surface area contributed by atoms with Gasteiger partial charge in [0.1, 0.15) is 6.33 Å². The van der Waals surface area contributed by atoms with E-state index in [0.29, 0.717) is 21.3 Å². The monoisotopic (exact) mass is 477 g/mol. The van der Waals surface area contributed by atoms with Crippen LogP contribution in [-0.2, 0) is 16.1 Å². The molecule has 0 bridgehead atoms. The summed E-state index contributed by atoms with van der Waals surface area (Å²) in [5.41, 5.74) is 2.88. The molecule has 1 N–H and O–H groups in total. The molecule has 174 valence electrons. The molecule has 11 heteroatoms. The van der Waals surface area contributed by atoms with Crippen molar-refractivity contribution in [3.8, 4) is 5.69 Å². The Kier molecular flexibility index (Phi) is 7.75. The maximum Gasteiger partial charge on any atom is 0.471 e. The number of benzene rings is 2. The smallest absolute Gasteiger partial charge is 0.331 e. The van der Waals surface area contributed by atoms with E-state index in [1.165, 1.54) is 18.7 Å². The number of aromatic nitrogens is 3. The fraction of sp³-hybridized carbons (Fsp3) is 0.273. The van der Waals surface area contributed by atoms with Gasteiger partial charge in [-0.2, -0.15) is 13.2 Å². The molecule has 0 spiro atoms. The largest absolute Gasteiger partial charge is 0.471 e. The van der Waals surface area contributed by atoms with Gasteiger partial charge in [0.05, 0.1) is 5.75 Å². The number of hydrogen-bond donors (Lipinski definition) is 1. The highest BCUT2D eigenvalue weighted by Gasteiger charge is 2.41. The zero-order valence-corrected chi connectivity index (χ0v) is 18.8. The van der Waals surface area contributed by atoms with Crippen molar-refractivity contribution in [3.05, 3.63) is 66.0 Å². The average Bonchev–Trinajstić information content (AvgIpc) is 3.24. The van der Waals surface area contributed by atoms with E-state index in [2.05, 4.69) is 15.5 Å². The number of thioether (sulfide) groups is 1. The van der Waals surface area contributed by atoms with Crippen molar-refractivity contribution >= 4 is 29.3 Å². The molecule has 7 nitrogen and oxygen atoms in total. The predicted molar refractivity (Wildman–Crippen MR) is 119 cm³/mol. The summed E-state index contributed by atoms with van der Waals surface area (Å²) in [5.74, 6) is -2.15. The Labute approximate surface area is 193 Å². The number of alkyl halides is 3. The fourth-order valence-corrected chi connectivity index (χ4v) is 3.74. The van der Waals surface area contributed by atoms with Crippen LogP contribution < -0.4 is 5.32 Å². The van der Waals surface area contributed by atoms with Gasteiger partial charge < -0.3 is 10.2 Å². The van der Waals surface area contributed by atoms with Crippen LogP contribution in [0.4, 0.5) is 18.9 Å². The van der Waals surface area contributed by atoms with Crippen molar-refractivity contribution in [2.45, 2.75) is 31.7 Å². The van der Waals surface area contributed by atoms with Crippen LogP contribution in [0.3, 0.4) is 0 Å². The van der Waals surface area contributed by atoms with Gasteiger partial charge in [-0.05, 0) is 43.7 Å². The molecule has 0 saturated heterocycles. The first-order chi connectivity index (χ1) is 15.7. The van der Waals surface area contributed by atoms with Crippen LogP contribution in [0.15, 0.2) is 60.0 Å². The molecule has 2 aromatic carbocycles. The molecule has 2 amide bonds. The molecule has 0 aliphatic heterocycles. The molecule has 3 aromatic rings. The van der Waals surface area contributed by atoms with Gasteiger partial charge in [0.15, 0.2) is 5.16 Å². The van der Waals surface area contributed by atoms with Crippen molar-refractivity contribution in [1.82, 2.24) is 19.7 Å². The summed E-state index contributed by atoms with van der Waals surface area (Å²) in [4.78, 5) is 24.7. The molecule has 0 aliphatic rings. The van der Waals surface area contributed by atoms with E-state index in [1.807, 2.05) is 31.2 Å². The molecule has 0 atom stereocenters. The second-order valence-corrected chi connectivity index (χ2v) is 8.12. The zero-order chi connectivity index (χ0) is 24.0. The minimum Gasteiger partial charge on any atom is -0.331 e. The lowest BCUT2D eigenvalue weighted by atomic mass is 10.2. The van der Waals surface area contributed by atoms with Crippen molar-refractivity contribution in [1.29, 1.82) is 0 Å². The molecular formula is C22H22F3N5O2S. The lowest BCUT2D eigenvalue weighted by Crippen LogP contribution is -2.40. The fourth-order valence-electron chi connectivity index (χ4n) is 3.01. The first-order valence-electron chi connectivity index (χ1n) is 10.0. The molecule has 33 heavy (non-hydrogen) atoms. The van der Waals surface area contributed by atoms with Crippen molar-refractivity contribution in [3.63, 3.8) is 0 Å². The van der Waals surface area contributed by atoms with Gasteiger partial charge in [-0.3, -0.25) is 14.2 Å². The molecule has 0 aliphatic carbocycles.